The van der Waals surface area contributed by atoms with E-state index in [9.17, 15) is 21.6 Å². The topological polar surface area (TPSA) is 122 Å². The van der Waals surface area contributed by atoms with Crippen LogP contribution < -0.4 is 14.8 Å². The number of aryl methyl sites for hydroxylation is 1. The van der Waals surface area contributed by atoms with Crippen molar-refractivity contribution in [2.75, 3.05) is 41.7 Å². The lowest BCUT2D eigenvalue weighted by molar-refractivity contribution is 0.102. The Morgan fingerprint density at radius 2 is 1.55 bits per heavy atom. The van der Waals surface area contributed by atoms with Gasteiger partial charge in [0.25, 0.3) is 15.9 Å². The lowest BCUT2D eigenvalue weighted by atomic mass is 10.1. The number of hydrogen-bond acceptors (Lipinski definition) is 7. The largest absolute Gasteiger partial charge is 0.496 e. The lowest BCUT2D eigenvalue weighted by Crippen LogP contribution is -2.37. The zero-order valence-electron chi connectivity index (χ0n) is 20.6. The first kappa shape index (κ1) is 28.2. The number of carbonyl (C=O) groups is 1. The molecule has 3 aromatic carbocycles. The zero-order chi connectivity index (χ0) is 27.5. The number of hydrogen-bond donors (Lipinski definition) is 2. The lowest BCUT2D eigenvalue weighted by Gasteiger charge is -2.25. The molecule has 1 aliphatic rings. The summed E-state index contributed by atoms with van der Waals surface area (Å²) in [6.45, 7) is 2.64. The fraction of sp³-hybridized carbons (Fsp3) is 0.240. The molecular weight excluding hydrogens is 570 g/mol. The van der Waals surface area contributed by atoms with Gasteiger partial charge in [0.1, 0.15) is 5.75 Å². The molecule has 0 spiro atoms. The standard InChI is InChI=1S/C25H26ClN3O6S3/c1-17-15-22(23(16-24(17)35-2)28-37(31,32)20-7-3-18(26)4-8-20)25(30)27-19-5-9-21(10-6-19)38(33,34)29-11-13-36-14-12-29/h3-10,15-16,28H,11-14H2,1-2H3,(H,27,30). The normalized spacial score (nSPS) is 14.6. The summed E-state index contributed by atoms with van der Waals surface area (Å²) in [6, 6.07) is 14.4. The monoisotopic (exact) mass is 595 g/mol. The first-order valence-electron chi connectivity index (χ1n) is 11.5. The van der Waals surface area contributed by atoms with Crippen LogP contribution in [0.3, 0.4) is 0 Å². The predicted molar refractivity (Wildman–Crippen MR) is 150 cm³/mol. The molecule has 0 unspecified atom stereocenters. The second kappa shape index (κ2) is 11.5. The van der Waals surface area contributed by atoms with E-state index in [1.165, 1.54) is 72.1 Å². The summed E-state index contributed by atoms with van der Waals surface area (Å²) in [4.78, 5) is 13.4. The van der Waals surface area contributed by atoms with Crippen LogP contribution in [0.1, 0.15) is 15.9 Å². The summed E-state index contributed by atoms with van der Waals surface area (Å²) >= 11 is 7.59. The number of anilines is 2. The van der Waals surface area contributed by atoms with Gasteiger partial charge in [0.15, 0.2) is 0 Å². The van der Waals surface area contributed by atoms with E-state index in [1.54, 1.807) is 18.7 Å². The van der Waals surface area contributed by atoms with E-state index in [-0.39, 0.29) is 21.0 Å². The van der Waals surface area contributed by atoms with Crippen molar-refractivity contribution in [2.45, 2.75) is 16.7 Å². The molecule has 0 saturated carbocycles. The van der Waals surface area contributed by atoms with E-state index >= 15 is 0 Å². The van der Waals surface area contributed by atoms with Gasteiger partial charge in [-0.15, -0.1) is 0 Å². The quantitative estimate of drug-likeness (QED) is 0.394. The van der Waals surface area contributed by atoms with Crippen molar-refractivity contribution in [1.29, 1.82) is 0 Å². The molecule has 0 atom stereocenters. The summed E-state index contributed by atoms with van der Waals surface area (Å²) in [5.41, 5.74) is 1.04. The third kappa shape index (κ3) is 6.26. The predicted octanol–water partition coefficient (Wildman–Crippen LogP) is 4.45. The van der Waals surface area contributed by atoms with Crippen LogP contribution in [0.25, 0.3) is 0 Å². The average Bonchev–Trinajstić information content (AvgIpc) is 2.90. The third-order valence-electron chi connectivity index (χ3n) is 5.87. The van der Waals surface area contributed by atoms with E-state index in [2.05, 4.69) is 10.0 Å². The molecule has 2 N–H and O–H groups in total. The number of halogens is 1. The van der Waals surface area contributed by atoms with Crippen LogP contribution in [0.4, 0.5) is 11.4 Å². The summed E-state index contributed by atoms with van der Waals surface area (Å²) in [6.07, 6.45) is 0. The number of benzene rings is 3. The molecule has 1 fully saturated rings. The second-order valence-corrected chi connectivity index (χ2v) is 13.7. The van der Waals surface area contributed by atoms with E-state index in [0.717, 1.165) is 11.5 Å². The Bertz CT molecular complexity index is 1540. The fourth-order valence-corrected chi connectivity index (χ4v) is 7.61. The van der Waals surface area contributed by atoms with Crippen molar-refractivity contribution in [3.63, 3.8) is 0 Å². The van der Waals surface area contributed by atoms with Crippen LogP contribution in [0.15, 0.2) is 70.5 Å². The number of sulfonamides is 2. The molecular formula is C25H26ClN3O6S3. The Labute approximate surface area is 231 Å². The second-order valence-electron chi connectivity index (χ2n) is 8.42. The van der Waals surface area contributed by atoms with Crippen LogP contribution in [-0.4, -0.2) is 58.8 Å². The van der Waals surface area contributed by atoms with E-state index < -0.39 is 26.0 Å². The fourth-order valence-electron chi connectivity index (χ4n) is 3.84. The number of nitrogens with zero attached hydrogens (tertiary/aromatic N) is 1. The number of amides is 1. The molecule has 1 saturated heterocycles. The molecule has 0 aromatic heterocycles. The van der Waals surface area contributed by atoms with Gasteiger partial charge >= 0.3 is 0 Å². The number of thioether (sulfide) groups is 1. The van der Waals surface area contributed by atoms with Crippen LogP contribution in [0, 0.1) is 6.92 Å². The van der Waals surface area contributed by atoms with E-state index in [1.807, 2.05) is 0 Å². The van der Waals surface area contributed by atoms with Gasteiger partial charge < -0.3 is 10.1 Å². The molecule has 38 heavy (non-hydrogen) atoms. The third-order valence-corrected chi connectivity index (χ3v) is 10.4. The van der Waals surface area contributed by atoms with Crippen molar-refractivity contribution in [2.24, 2.45) is 0 Å². The molecule has 202 valence electrons. The molecule has 3 aromatic rings. The molecule has 1 amide bonds. The first-order valence-corrected chi connectivity index (χ1v) is 15.9. The average molecular weight is 596 g/mol. The Kier molecular flexibility index (Phi) is 8.58. The van der Waals surface area contributed by atoms with Crippen molar-refractivity contribution in [3.05, 3.63) is 76.8 Å². The van der Waals surface area contributed by atoms with Crippen LogP contribution in [0.2, 0.25) is 5.02 Å². The number of nitrogens with one attached hydrogen (secondary N) is 2. The maximum atomic E-state index is 13.2. The molecule has 13 heteroatoms. The van der Waals surface area contributed by atoms with Crippen molar-refractivity contribution < 1.29 is 26.4 Å². The Hall–Kier alpha value is -2.77. The maximum absolute atomic E-state index is 13.2. The van der Waals surface area contributed by atoms with Gasteiger partial charge in [0.2, 0.25) is 10.0 Å². The van der Waals surface area contributed by atoms with Gasteiger partial charge in [-0.2, -0.15) is 16.1 Å². The van der Waals surface area contributed by atoms with E-state index in [4.69, 9.17) is 16.3 Å². The Balaban J connectivity index is 1.59. The van der Waals surface area contributed by atoms with Crippen LogP contribution >= 0.6 is 23.4 Å². The van der Waals surface area contributed by atoms with Gasteiger partial charge in [-0.1, -0.05) is 11.6 Å². The van der Waals surface area contributed by atoms with Crippen molar-refractivity contribution in [1.82, 2.24) is 4.31 Å². The van der Waals surface area contributed by atoms with Gasteiger partial charge in [0, 0.05) is 41.4 Å². The molecule has 0 radical (unpaired) electrons. The maximum Gasteiger partial charge on any atom is 0.261 e. The zero-order valence-corrected chi connectivity index (χ0v) is 23.8. The molecule has 0 aliphatic carbocycles. The highest BCUT2D eigenvalue weighted by atomic mass is 35.5. The smallest absolute Gasteiger partial charge is 0.261 e. The SMILES string of the molecule is COc1cc(NS(=O)(=O)c2ccc(Cl)cc2)c(C(=O)Nc2ccc(S(=O)(=O)N3CCSCC3)cc2)cc1C. The van der Waals surface area contributed by atoms with E-state index in [0.29, 0.717) is 35.1 Å². The minimum absolute atomic E-state index is 0.0158. The highest BCUT2D eigenvalue weighted by Gasteiger charge is 2.26. The van der Waals surface area contributed by atoms with Gasteiger partial charge in [-0.25, -0.2) is 16.8 Å². The van der Waals surface area contributed by atoms with Gasteiger partial charge in [-0.05, 0) is 67.1 Å². The molecule has 1 heterocycles. The Morgan fingerprint density at radius 1 is 0.947 bits per heavy atom. The molecule has 9 nitrogen and oxygen atoms in total. The van der Waals surface area contributed by atoms with Gasteiger partial charge in [-0.3, -0.25) is 9.52 Å². The summed E-state index contributed by atoms with van der Waals surface area (Å²) < 4.78 is 61.0. The number of rotatable bonds is 8. The number of carbonyl (C=O) groups excluding carboxylic acids is 1. The summed E-state index contributed by atoms with van der Waals surface area (Å²) in [5, 5.41) is 3.09. The van der Waals surface area contributed by atoms with Crippen molar-refractivity contribution >= 4 is 60.7 Å². The Morgan fingerprint density at radius 3 is 2.16 bits per heavy atom. The van der Waals surface area contributed by atoms with Crippen LogP contribution in [-0.2, 0) is 20.0 Å². The summed E-state index contributed by atoms with van der Waals surface area (Å²) in [5.74, 6) is 1.30. The minimum atomic E-state index is -4.05. The highest BCUT2D eigenvalue weighted by molar-refractivity contribution is 7.99. The van der Waals surface area contributed by atoms with Crippen molar-refractivity contribution in [3.8, 4) is 5.75 Å². The minimum Gasteiger partial charge on any atom is -0.496 e. The van der Waals surface area contributed by atoms with Gasteiger partial charge in [0.05, 0.1) is 28.2 Å². The number of ether oxygens (including phenoxy) is 1. The van der Waals surface area contributed by atoms with Crippen LogP contribution in [0.5, 0.6) is 5.75 Å². The number of methoxy groups -OCH3 is 1. The molecule has 0 bridgehead atoms. The molecule has 1 aliphatic heterocycles. The molecule has 4 rings (SSSR count). The first-order chi connectivity index (χ1) is 18.0. The summed E-state index contributed by atoms with van der Waals surface area (Å²) in [7, 11) is -6.22. The highest BCUT2D eigenvalue weighted by Crippen LogP contribution is 2.30.